The molecule has 3 nitrogen and oxygen atoms in total. The van der Waals surface area contributed by atoms with Crippen LogP contribution in [0.3, 0.4) is 0 Å². The van der Waals surface area contributed by atoms with Gasteiger partial charge in [0.2, 0.25) is 0 Å². The molecule has 0 unspecified atom stereocenters. The molecule has 3 aliphatic heterocycles. The van der Waals surface area contributed by atoms with E-state index in [0.717, 1.165) is 22.9 Å². The van der Waals surface area contributed by atoms with Crippen molar-refractivity contribution in [3.8, 4) is 15.6 Å². The van der Waals surface area contributed by atoms with Crippen LogP contribution in [-0.2, 0) is 0 Å². The summed E-state index contributed by atoms with van der Waals surface area (Å²) in [5, 5.41) is 0.853. The van der Waals surface area contributed by atoms with E-state index in [4.69, 9.17) is 4.74 Å². The van der Waals surface area contributed by atoms with Gasteiger partial charge in [-0.05, 0) is 24.3 Å². The lowest BCUT2D eigenvalue weighted by atomic mass is 9.66. The maximum atomic E-state index is 6.37. The lowest BCUT2D eigenvalue weighted by Crippen LogP contribution is -2.61. The minimum Gasteiger partial charge on any atom is -0.466 e. The molecule has 4 heteroatoms. The van der Waals surface area contributed by atoms with Crippen molar-refractivity contribution in [3.63, 3.8) is 0 Å². The Morgan fingerprint density at radius 2 is 1.82 bits per heavy atom. The number of nitrogens with zero attached hydrogens (tertiary/aromatic N) is 2. The topological polar surface area (TPSA) is 25.4 Å². The van der Waals surface area contributed by atoms with Crippen LogP contribution in [0, 0.1) is 17.8 Å². The number of piperidine rings is 3. The quantitative estimate of drug-likeness (QED) is 0.867. The molecule has 114 valence electrons. The highest BCUT2D eigenvalue weighted by Gasteiger charge is 2.48. The molecule has 2 aromatic rings. The van der Waals surface area contributed by atoms with Crippen LogP contribution in [0.1, 0.15) is 12.8 Å². The maximum absolute atomic E-state index is 6.37. The smallest absolute Gasteiger partial charge is 0.273 e. The van der Waals surface area contributed by atoms with Crippen molar-refractivity contribution in [3.05, 3.63) is 36.5 Å². The molecule has 4 aliphatic rings. The first-order valence-corrected chi connectivity index (χ1v) is 9.07. The van der Waals surface area contributed by atoms with Crippen LogP contribution < -0.4 is 4.74 Å². The highest BCUT2D eigenvalue weighted by molar-refractivity contribution is 7.16. The van der Waals surface area contributed by atoms with Gasteiger partial charge in [-0.2, -0.15) is 0 Å². The first-order chi connectivity index (χ1) is 10.8. The summed E-state index contributed by atoms with van der Waals surface area (Å²) in [4.78, 5) is 8.37. The zero-order chi connectivity index (χ0) is 14.5. The second-order valence-corrected chi connectivity index (χ2v) is 8.01. The molecule has 1 aromatic carbocycles. The Hall–Kier alpha value is -1.39. The highest BCUT2D eigenvalue weighted by atomic mass is 32.1. The monoisotopic (exact) mass is 312 g/mol. The van der Waals surface area contributed by atoms with Gasteiger partial charge < -0.3 is 9.64 Å². The number of benzene rings is 1. The van der Waals surface area contributed by atoms with Crippen molar-refractivity contribution in [2.75, 3.05) is 19.6 Å². The molecule has 0 amide bonds. The molecule has 4 bridgehead atoms. The van der Waals surface area contributed by atoms with E-state index in [1.54, 1.807) is 11.3 Å². The third kappa shape index (κ3) is 2.17. The lowest BCUT2D eigenvalue weighted by molar-refractivity contribution is -0.0985. The molecule has 22 heavy (non-hydrogen) atoms. The van der Waals surface area contributed by atoms with E-state index in [9.17, 15) is 0 Å². The summed E-state index contributed by atoms with van der Waals surface area (Å²) >= 11 is 1.68. The van der Waals surface area contributed by atoms with Gasteiger partial charge in [0.1, 0.15) is 6.10 Å². The fourth-order valence-corrected chi connectivity index (χ4v) is 5.53. The Morgan fingerprint density at radius 3 is 2.55 bits per heavy atom. The number of hydrogen-bond acceptors (Lipinski definition) is 4. The summed E-state index contributed by atoms with van der Waals surface area (Å²) in [5.74, 6) is 2.36. The number of ether oxygens (including phenoxy) is 1. The summed E-state index contributed by atoms with van der Waals surface area (Å²) in [6.07, 6.45) is 5.06. The van der Waals surface area contributed by atoms with E-state index in [-0.39, 0.29) is 0 Å². The minimum absolute atomic E-state index is 0.391. The fraction of sp³-hybridized carbons (Fsp3) is 0.500. The zero-order valence-electron chi connectivity index (χ0n) is 12.5. The zero-order valence-corrected chi connectivity index (χ0v) is 13.3. The number of aromatic nitrogens is 1. The first kappa shape index (κ1) is 13.1. The Kier molecular flexibility index (Phi) is 3.01. The molecule has 1 saturated carbocycles. The van der Waals surface area contributed by atoms with E-state index in [1.807, 2.05) is 12.3 Å². The third-order valence-electron chi connectivity index (χ3n) is 5.48. The van der Waals surface area contributed by atoms with Gasteiger partial charge in [0.15, 0.2) is 0 Å². The van der Waals surface area contributed by atoms with E-state index in [0.29, 0.717) is 6.10 Å². The van der Waals surface area contributed by atoms with Gasteiger partial charge in [-0.3, -0.25) is 0 Å². The standard InChI is InChI=1S/C18H20N2OS/c1-2-4-13(5-3-1)16-8-19-18(22-16)21-17-14-6-12-7-15(17)11-20(9-12)10-14/h1-5,8,12,14-15,17H,6-7,9-11H2/t12?,14-,15-,17?/m0/s1. The van der Waals surface area contributed by atoms with Crippen LogP contribution in [0.2, 0.25) is 0 Å². The van der Waals surface area contributed by atoms with Crippen molar-refractivity contribution in [2.45, 2.75) is 18.9 Å². The van der Waals surface area contributed by atoms with E-state index in [1.165, 1.54) is 42.9 Å². The molecule has 6 rings (SSSR count). The Balaban J connectivity index is 1.35. The largest absolute Gasteiger partial charge is 0.466 e. The number of thiazole rings is 1. The Morgan fingerprint density at radius 1 is 1.05 bits per heavy atom. The molecule has 0 radical (unpaired) electrons. The second kappa shape index (κ2) is 5.07. The van der Waals surface area contributed by atoms with Crippen LogP contribution in [0.4, 0.5) is 0 Å². The Bertz CT molecular complexity index is 641. The summed E-state index contributed by atoms with van der Waals surface area (Å²) in [5.41, 5.74) is 1.23. The van der Waals surface area contributed by atoms with Crippen molar-refractivity contribution < 1.29 is 4.74 Å². The predicted octanol–water partition coefficient (Wildman–Crippen LogP) is 3.53. The van der Waals surface area contributed by atoms with Gasteiger partial charge in [0.25, 0.3) is 5.19 Å². The van der Waals surface area contributed by atoms with Gasteiger partial charge in [0.05, 0.1) is 4.88 Å². The molecule has 1 aliphatic carbocycles. The Labute approximate surface area is 134 Å². The van der Waals surface area contributed by atoms with Gasteiger partial charge in [0, 0.05) is 37.7 Å². The number of rotatable bonds is 3. The van der Waals surface area contributed by atoms with Gasteiger partial charge in [-0.25, -0.2) is 4.98 Å². The molecule has 4 fully saturated rings. The summed E-state index contributed by atoms with van der Waals surface area (Å²) in [6.45, 7) is 3.79. The van der Waals surface area contributed by atoms with Gasteiger partial charge in [-0.1, -0.05) is 41.7 Å². The van der Waals surface area contributed by atoms with Crippen molar-refractivity contribution in [1.82, 2.24) is 9.88 Å². The van der Waals surface area contributed by atoms with Crippen LogP contribution in [0.15, 0.2) is 36.5 Å². The van der Waals surface area contributed by atoms with Crippen molar-refractivity contribution in [2.24, 2.45) is 17.8 Å². The lowest BCUT2D eigenvalue weighted by Gasteiger charge is -2.55. The average Bonchev–Trinajstić information content (AvgIpc) is 3.00. The van der Waals surface area contributed by atoms with Crippen LogP contribution in [0.5, 0.6) is 5.19 Å². The maximum Gasteiger partial charge on any atom is 0.273 e. The molecule has 1 aromatic heterocycles. The molecule has 3 saturated heterocycles. The summed E-state index contributed by atoms with van der Waals surface area (Å²) < 4.78 is 6.37. The highest BCUT2D eigenvalue weighted by Crippen LogP contribution is 2.45. The third-order valence-corrected chi connectivity index (χ3v) is 6.42. The predicted molar refractivity (Wildman–Crippen MR) is 88.1 cm³/mol. The van der Waals surface area contributed by atoms with E-state index in [2.05, 4.69) is 34.1 Å². The molecule has 2 atom stereocenters. The fourth-order valence-electron chi connectivity index (χ4n) is 4.72. The molecular weight excluding hydrogens is 292 g/mol. The average molecular weight is 312 g/mol. The summed E-state index contributed by atoms with van der Waals surface area (Å²) in [7, 11) is 0. The van der Waals surface area contributed by atoms with E-state index >= 15 is 0 Å². The number of hydrogen-bond donors (Lipinski definition) is 0. The van der Waals surface area contributed by atoms with Crippen LogP contribution in [0.25, 0.3) is 10.4 Å². The molecule has 0 spiro atoms. The second-order valence-electron chi connectivity index (χ2n) is 7.02. The molecule has 0 N–H and O–H groups in total. The molecule has 4 heterocycles. The van der Waals surface area contributed by atoms with Crippen LogP contribution in [-0.4, -0.2) is 35.6 Å². The van der Waals surface area contributed by atoms with Crippen LogP contribution >= 0.6 is 11.3 Å². The van der Waals surface area contributed by atoms with Gasteiger partial charge in [-0.15, -0.1) is 0 Å². The first-order valence-electron chi connectivity index (χ1n) is 8.25. The van der Waals surface area contributed by atoms with Crippen molar-refractivity contribution >= 4 is 11.3 Å². The SMILES string of the molecule is c1ccc(-c2cnc(OC3[C@H]4CC5C[C@H]3CN(C5)C4)s2)cc1. The van der Waals surface area contributed by atoms with Crippen molar-refractivity contribution in [1.29, 1.82) is 0 Å². The minimum atomic E-state index is 0.391. The van der Waals surface area contributed by atoms with Gasteiger partial charge >= 0.3 is 0 Å². The van der Waals surface area contributed by atoms with E-state index < -0.39 is 0 Å². The normalized spacial score (nSPS) is 35.7. The summed E-state index contributed by atoms with van der Waals surface area (Å²) in [6, 6.07) is 10.5. The molecular formula is C18H20N2OS.